The van der Waals surface area contributed by atoms with Crippen molar-refractivity contribution in [3.63, 3.8) is 0 Å². The van der Waals surface area contributed by atoms with Crippen LogP contribution >= 0.6 is 12.6 Å². The van der Waals surface area contributed by atoms with Gasteiger partial charge in [0.15, 0.2) is 0 Å². The van der Waals surface area contributed by atoms with E-state index in [4.69, 9.17) is 17.2 Å². The minimum atomic E-state index is -1.18. The first kappa shape index (κ1) is 31.4. The van der Waals surface area contributed by atoms with E-state index in [-0.39, 0.29) is 12.2 Å². The lowest BCUT2D eigenvalue weighted by Gasteiger charge is -2.24. The standard InChI is InChI=1S/C24H40N6O5S/c25-12-6-4-10-18(28-21(31)17(27)14-16-8-2-1-3-9-16)22(32)30-20(15-36)23(33)29-19(24(34)35)11-5-7-13-26/h1-3,8-9,17-20,36H,4-7,10-15,25-27H2,(H,28,31)(H,29,33)(H,30,32)(H,34,35). The van der Waals surface area contributed by atoms with Gasteiger partial charge in [-0.15, -0.1) is 0 Å². The van der Waals surface area contributed by atoms with Crippen LogP contribution in [0.3, 0.4) is 0 Å². The number of nitrogens with one attached hydrogen (secondary N) is 3. The van der Waals surface area contributed by atoms with E-state index in [1.54, 1.807) is 0 Å². The van der Waals surface area contributed by atoms with Gasteiger partial charge in [0.2, 0.25) is 17.7 Å². The zero-order valence-electron chi connectivity index (χ0n) is 20.5. The van der Waals surface area contributed by atoms with Gasteiger partial charge in [-0.3, -0.25) is 14.4 Å². The van der Waals surface area contributed by atoms with Crippen molar-refractivity contribution in [1.82, 2.24) is 16.0 Å². The average Bonchev–Trinajstić information content (AvgIpc) is 2.86. The predicted octanol–water partition coefficient (Wildman–Crippen LogP) is -0.717. The zero-order valence-corrected chi connectivity index (χ0v) is 21.4. The summed E-state index contributed by atoms with van der Waals surface area (Å²) in [4.78, 5) is 49.9. The fourth-order valence-corrected chi connectivity index (χ4v) is 3.75. The Kier molecular flexibility index (Phi) is 15.4. The number of carbonyl (C=O) groups is 4. The van der Waals surface area contributed by atoms with Gasteiger partial charge in [0.1, 0.15) is 18.1 Å². The summed E-state index contributed by atoms with van der Waals surface area (Å²) < 4.78 is 0. The lowest BCUT2D eigenvalue weighted by atomic mass is 10.0. The Labute approximate surface area is 217 Å². The van der Waals surface area contributed by atoms with Crippen molar-refractivity contribution in [1.29, 1.82) is 0 Å². The molecule has 0 saturated carbocycles. The molecule has 11 nitrogen and oxygen atoms in total. The molecule has 12 heteroatoms. The number of benzene rings is 1. The maximum absolute atomic E-state index is 13.0. The molecule has 0 saturated heterocycles. The van der Waals surface area contributed by atoms with Crippen molar-refractivity contribution in [2.24, 2.45) is 17.2 Å². The van der Waals surface area contributed by atoms with Crippen LogP contribution in [0.5, 0.6) is 0 Å². The monoisotopic (exact) mass is 524 g/mol. The molecule has 202 valence electrons. The van der Waals surface area contributed by atoms with Gasteiger partial charge in [0.25, 0.3) is 0 Å². The Balaban J connectivity index is 2.81. The number of amides is 3. The molecule has 1 aromatic rings. The highest BCUT2D eigenvalue weighted by Gasteiger charge is 2.29. The minimum absolute atomic E-state index is 0.0658. The number of rotatable bonds is 18. The summed E-state index contributed by atoms with van der Waals surface area (Å²) in [6.07, 6.45) is 3.19. The van der Waals surface area contributed by atoms with Crippen molar-refractivity contribution in [2.45, 2.75) is 69.1 Å². The van der Waals surface area contributed by atoms with E-state index in [9.17, 15) is 24.3 Å². The molecule has 0 aliphatic rings. The third-order valence-corrected chi connectivity index (χ3v) is 5.96. The molecule has 3 amide bonds. The highest BCUT2D eigenvalue weighted by atomic mass is 32.1. The number of hydrogen-bond donors (Lipinski definition) is 8. The first-order valence-corrected chi connectivity index (χ1v) is 12.8. The molecule has 0 radical (unpaired) electrons. The second-order valence-corrected chi connectivity index (χ2v) is 8.93. The summed E-state index contributed by atoms with van der Waals surface area (Å²) in [5.74, 6) is -3.00. The first-order valence-electron chi connectivity index (χ1n) is 12.2. The van der Waals surface area contributed by atoms with E-state index in [1.807, 2.05) is 30.3 Å². The number of carboxylic acid groups (broad SMARTS) is 1. The Morgan fingerprint density at radius 1 is 0.778 bits per heavy atom. The van der Waals surface area contributed by atoms with Gasteiger partial charge in [-0.2, -0.15) is 12.6 Å². The van der Waals surface area contributed by atoms with E-state index in [0.29, 0.717) is 51.6 Å². The van der Waals surface area contributed by atoms with E-state index >= 15 is 0 Å². The van der Waals surface area contributed by atoms with Crippen molar-refractivity contribution >= 4 is 36.3 Å². The summed E-state index contributed by atoms with van der Waals surface area (Å²) in [6.45, 7) is 0.847. The minimum Gasteiger partial charge on any atom is -0.480 e. The van der Waals surface area contributed by atoms with Crippen LogP contribution in [0, 0.1) is 0 Å². The van der Waals surface area contributed by atoms with Gasteiger partial charge < -0.3 is 38.3 Å². The SMILES string of the molecule is NCCCCC(NC(=O)C(CS)NC(=O)C(CCCCN)NC(=O)C(N)Cc1ccccc1)C(=O)O. The van der Waals surface area contributed by atoms with Crippen LogP contribution in [-0.2, 0) is 25.6 Å². The predicted molar refractivity (Wildman–Crippen MR) is 141 cm³/mol. The highest BCUT2D eigenvalue weighted by Crippen LogP contribution is 2.06. The Morgan fingerprint density at radius 2 is 1.28 bits per heavy atom. The molecule has 1 rings (SSSR count). The molecule has 0 spiro atoms. The molecule has 36 heavy (non-hydrogen) atoms. The average molecular weight is 525 g/mol. The lowest BCUT2D eigenvalue weighted by Crippen LogP contribution is -2.57. The summed E-state index contributed by atoms with van der Waals surface area (Å²) in [5.41, 5.74) is 17.9. The number of hydrogen-bond acceptors (Lipinski definition) is 8. The van der Waals surface area contributed by atoms with Crippen LogP contribution in [0.4, 0.5) is 0 Å². The molecular formula is C24H40N6O5S. The number of carboxylic acids is 1. The van der Waals surface area contributed by atoms with E-state index in [0.717, 1.165) is 5.56 Å². The third-order valence-electron chi connectivity index (χ3n) is 5.59. The molecule has 0 aliphatic carbocycles. The molecular weight excluding hydrogens is 484 g/mol. The van der Waals surface area contributed by atoms with Gasteiger partial charge in [0.05, 0.1) is 6.04 Å². The Hall–Kier alpha value is -2.67. The number of aliphatic carboxylic acids is 1. The van der Waals surface area contributed by atoms with Crippen LogP contribution in [0.2, 0.25) is 0 Å². The summed E-state index contributed by atoms with van der Waals surface area (Å²) in [6, 6.07) is 5.25. The smallest absolute Gasteiger partial charge is 0.326 e. The molecule has 10 N–H and O–H groups in total. The molecule has 0 bridgehead atoms. The highest BCUT2D eigenvalue weighted by molar-refractivity contribution is 7.80. The molecule has 0 heterocycles. The quantitative estimate of drug-likeness (QED) is 0.0907. The normalized spacial score (nSPS) is 14.2. The van der Waals surface area contributed by atoms with Gasteiger partial charge in [-0.1, -0.05) is 30.3 Å². The number of carbonyl (C=O) groups excluding carboxylic acids is 3. The maximum Gasteiger partial charge on any atom is 0.326 e. The van der Waals surface area contributed by atoms with Crippen molar-refractivity contribution < 1.29 is 24.3 Å². The van der Waals surface area contributed by atoms with Crippen LogP contribution in [0.25, 0.3) is 0 Å². The van der Waals surface area contributed by atoms with E-state index in [2.05, 4.69) is 28.6 Å². The maximum atomic E-state index is 13.0. The van der Waals surface area contributed by atoms with Gasteiger partial charge >= 0.3 is 5.97 Å². The largest absolute Gasteiger partial charge is 0.480 e. The number of thiol groups is 1. The summed E-state index contributed by atoms with van der Waals surface area (Å²) in [7, 11) is 0. The van der Waals surface area contributed by atoms with Crippen molar-refractivity contribution in [3.8, 4) is 0 Å². The third kappa shape index (κ3) is 11.8. The molecule has 0 fully saturated rings. The Morgan fingerprint density at radius 3 is 1.81 bits per heavy atom. The Bertz CT molecular complexity index is 828. The molecule has 4 atom stereocenters. The summed E-state index contributed by atoms with van der Waals surface area (Å²) >= 11 is 4.14. The number of unbranched alkanes of at least 4 members (excludes halogenated alkanes) is 2. The molecule has 0 aliphatic heterocycles. The second kappa shape index (κ2) is 17.7. The zero-order chi connectivity index (χ0) is 26.9. The van der Waals surface area contributed by atoms with Crippen LogP contribution in [0.1, 0.15) is 44.1 Å². The fraction of sp³-hybridized carbons (Fsp3) is 0.583. The van der Waals surface area contributed by atoms with E-state index < -0.39 is 47.9 Å². The van der Waals surface area contributed by atoms with Crippen LogP contribution < -0.4 is 33.2 Å². The van der Waals surface area contributed by atoms with Gasteiger partial charge in [-0.25, -0.2) is 4.79 Å². The van der Waals surface area contributed by atoms with Crippen LogP contribution in [-0.4, -0.2) is 71.8 Å². The lowest BCUT2D eigenvalue weighted by molar-refractivity contribution is -0.142. The topological polar surface area (TPSA) is 203 Å². The van der Waals surface area contributed by atoms with Crippen molar-refractivity contribution in [3.05, 3.63) is 35.9 Å². The van der Waals surface area contributed by atoms with Crippen molar-refractivity contribution in [2.75, 3.05) is 18.8 Å². The van der Waals surface area contributed by atoms with Crippen LogP contribution in [0.15, 0.2) is 30.3 Å². The fourth-order valence-electron chi connectivity index (χ4n) is 3.49. The first-order chi connectivity index (χ1) is 17.2. The van der Waals surface area contributed by atoms with Gasteiger partial charge in [0, 0.05) is 5.75 Å². The second-order valence-electron chi connectivity index (χ2n) is 8.57. The van der Waals surface area contributed by atoms with Gasteiger partial charge in [-0.05, 0) is 63.6 Å². The number of nitrogens with two attached hydrogens (primary N) is 3. The van der Waals surface area contributed by atoms with E-state index in [1.165, 1.54) is 0 Å². The molecule has 0 aromatic heterocycles. The summed E-state index contributed by atoms with van der Waals surface area (Å²) in [5, 5.41) is 17.1. The molecule has 4 unspecified atom stereocenters. The molecule has 1 aromatic carbocycles.